The summed E-state index contributed by atoms with van der Waals surface area (Å²) in [6.45, 7) is 1.91. The van der Waals surface area contributed by atoms with Gasteiger partial charge in [0, 0.05) is 37.1 Å². The Morgan fingerprint density at radius 2 is 1.51 bits per heavy atom. The monoisotopic (exact) mass is 617 g/mol. The van der Waals surface area contributed by atoms with Crippen molar-refractivity contribution in [3.05, 3.63) is 85.3 Å². The summed E-state index contributed by atoms with van der Waals surface area (Å²) in [4.78, 5) is 28.0. The Labute approximate surface area is 244 Å². The van der Waals surface area contributed by atoms with Gasteiger partial charge >= 0.3 is 0 Å². The number of anilines is 3. The first-order valence-corrected chi connectivity index (χ1v) is 13.3. The van der Waals surface area contributed by atoms with E-state index < -0.39 is 22.1 Å². The first-order valence-electron chi connectivity index (χ1n) is 11.1. The molecule has 3 aromatic rings. The molecule has 2 atom stereocenters. The van der Waals surface area contributed by atoms with E-state index in [2.05, 4.69) is 10.6 Å². The number of benzene rings is 3. The molecule has 1 aliphatic carbocycles. The number of carbonyl (C=O) groups excluding carboxylic acids is 2. The summed E-state index contributed by atoms with van der Waals surface area (Å²) in [7, 11) is 3.49. The quantitative estimate of drug-likeness (QED) is 0.215. The summed E-state index contributed by atoms with van der Waals surface area (Å²) >= 11 is 37.6. The maximum atomic E-state index is 13.3. The lowest BCUT2D eigenvalue weighted by molar-refractivity contribution is -0.117. The summed E-state index contributed by atoms with van der Waals surface area (Å²) in [5, 5.41) is 6.79. The number of aryl methyl sites for hydroxylation is 1. The number of amides is 2. The van der Waals surface area contributed by atoms with Gasteiger partial charge < -0.3 is 15.5 Å². The number of hydrogen-bond donors (Lipinski definition) is 2. The van der Waals surface area contributed by atoms with E-state index >= 15 is 0 Å². The van der Waals surface area contributed by atoms with Crippen molar-refractivity contribution in [3.8, 4) is 0 Å². The zero-order valence-electron chi connectivity index (χ0n) is 19.8. The minimum atomic E-state index is -1.37. The summed E-state index contributed by atoms with van der Waals surface area (Å²) in [5.74, 6) is -2.09. The van der Waals surface area contributed by atoms with E-state index in [-0.39, 0.29) is 31.6 Å². The van der Waals surface area contributed by atoms with E-state index in [1.54, 1.807) is 31.3 Å². The van der Waals surface area contributed by atoms with Crippen molar-refractivity contribution in [2.75, 3.05) is 29.6 Å². The fourth-order valence-electron chi connectivity index (χ4n) is 4.29. The van der Waals surface area contributed by atoms with Crippen LogP contribution in [0.2, 0.25) is 20.1 Å². The number of halogens is 6. The van der Waals surface area contributed by atoms with Crippen LogP contribution in [0.3, 0.4) is 0 Å². The third-order valence-electron chi connectivity index (χ3n) is 6.32. The van der Waals surface area contributed by atoms with Crippen molar-refractivity contribution in [2.45, 2.75) is 17.2 Å². The molecule has 1 aliphatic rings. The van der Waals surface area contributed by atoms with Crippen LogP contribution in [0.1, 0.15) is 27.4 Å². The Kier molecular flexibility index (Phi) is 8.16. The van der Waals surface area contributed by atoms with Crippen molar-refractivity contribution in [1.82, 2.24) is 0 Å². The molecule has 1 fully saturated rings. The fourth-order valence-corrected chi connectivity index (χ4v) is 5.93. The number of nitrogens with one attached hydrogen (secondary N) is 2. The highest BCUT2D eigenvalue weighted by Gasteiger charge is 2.67. The average molecular weight is 620 g/mol. The molecule has 1 saturated carbocycles. The van der Waals surface area contributed by atoms with Gasteiger partial charge in [0.1, 0.15) is 4.33 Å². The lowest BCUT2D eigenvalue weighted by Crippen LogP contribution is -2.27. The van der Waals surface area contributed by atoms with Gasteiger partial charge in [-0.3, -0.25) is 9.59 Å². The van der Waals surface area contributed by atoms with Gasteiger partial charge in [-0.2, -0.15) is 0 Å². The van der Waals surface area contributed by atoms with Crippen LogP contribution in [0, 0.1) is 12.8 Å². The Bertz CT molecular complexity index is 1390. The summed E-state index contributed by atoms with van der Waals surface area (Å²) < 4.78 is -1.37. The average Bonchev–Trinajstić information content (AvgIpc) is 3.44. The van der Waals surface area contributed by atoms with Crippen molar-refractivity contribution < 1.29 is 9.59 Å². The third-order valence-corrected chi connectivity index (χ3v) is 8.78. The SMILES string of the molecule is CNc1ccc(N(C)C(=O)c2cc(NC(=O)C3C(c4cc(Cl)c(Cl)c(Cl)c4)C3(Cl)Cl)ccc2Cl)c(C)c1. The Morgan fingerprint density at radius 1 is 0.892 bits per heavy atom. The molecular weight excluding hydrogens is 599 g/mol. The topological polar surface area (TPSA) is 61.4 Å². The Morgan fingerprint density at radius 3 is 2.11 bits per heavy atom. The minimum absolute atomic E-state index is 0.208. The maximum absolute atomic E-state index is 13.3. The zero-order valence-corrected chi connectivity index (χ0v) is 24.3. The van der Waals surface area contributed by atoms with Crippen LogP contribution in [-0.2, 0) is 4.79 Å². The molecule has 0 aliphatic heterocycles. The summed E-state index contributed by atoms with van der Waals surface area (Å²) in [6.07, 6.45) is 0. The van der Waals surface area contributed by atoms with E-state index in [4.69, 9.17) is 69.6 Å². The predicted molar refractivity (Wildman–Crippen MR) is 156 cm³/mol. The van der Waals surface area contributed by atoms with E-state index in [1.807, 2.05) is 32.2 Å². The highest BCUT2D eigenvalue weighted by molar-refractivity contribution is 6.54. The molecule has 0 heterocycles. The van der Waals surface area contributed by atoms with Crippen LogP contribution in [0.5, 0.6) is 0 Å². The third kappa shape index (κ3) is 5.49. The molecule has 3 aromatic carbocycles. The van der Waals surface area contributed by atoms with Gasteiger partial charge in [0.25, 0.3) is 5.91 Å². The molecule has 0 spiro atoms. The van der Waals surface area contributed by atoms with Crippen molar-refractivity contribution in [3.63, 3.8) is 0 Å². The number of rotatable bonds is 6. The minimum Gasteiger partial charge on any atom is -0.388 e. The highest BCUT2D eigenvalue weighted by Crippen LogP contribution is 2.65. The van der Waals surface area contributed by atoms with Gasteiger partial charge in [0.05, 0.1) is 31.6 Å². The summed E-state index contributed by atoms with van der Waals surface area (Å²) in [6, 6.07) is 13.5. The van der Waals surface area contributed by atoms with Crippen LogP contribution in [0.25, 0.3) is 0 Å². The predicted octanol–water partition coefficient (Wildman–Crippen LogP) is 8.45. The lowest BCUT2D eigenvalue weighted by atomic mass is 10.1. The number of alkyl halides is 2. The molecule has 0 aromatic heterocycles. The van der Waals surface area contributed by atoms with Crippen LogP contribution < -0.4 is 15.5 Å². The van der Waals surface area contributed by atoms with E-state index in [9.17, 15) is 9.59 Å². The second-order valence-corrected chi connectivity index (χ2v) is 11.8. The van der Waals surface area contributed by atoms with Crippen LogP contribution in [0.4, 0.5) is 17.1 Å². The Balaban J connectivity index is 1.55. The first-order chi connectivity index (χ1) is 17.4. The van der Waals surface area contributed by atoms with Crippen molar-refractivity contribution in [1.29, 1.82) is 0 Å². The first kappa shape index (κ1) is 28.2. The molecule has 194 valence electrons. The van der Waals surface area contributed by atoms with Crippen molar-refractivity contribution >= 4 is 98.5 Å². The largest absolute Gasteiger partial charge is 0.388 e. The van der Waals surface area contributed by atoms with Crippen molar-refractivity contribution in [2.24, 2.45) is 5.92 Å². The van der Waals surface area contributed by atoms with Gasteiger partial charge in [-0.1, -0.05) is 46.4 Å². The molecule has 0 radical (unpaired) electrons. The molecule has 0 saturated heterocycles. The van der Waals surface area contributed by atoms with Crippen LogP contribution in [-0.4, -0.2) is 30.2 Å². The lowest BCUT2D eigenvalue weighted by Gasteiger charge is -2.21. The molecule has 11 heteroatoms. The van der Waals surface area contributed by atoms with Crippen LogP contribution >= 0.6 is 69.6 Å². The van der Waals surface area contributed by atoms with Gasteiger partial charge in [-0.15, -0.1) is 23.2 Å². The Hall–Kier alpha value is -1.86. The molecule has 4 rings (SSSR count). The standard InChI is InChI=1S/C26H21Cl6N3O2/c1-12-8-14(33-2)5-7-20(12)35(3)25(37)16-11-15(4-6-17(16)27)34-24(36)22-21(26(22,31)32)13-9-18(28)23(30)19(29)10-13/h4-11,21-22,33H,1-3H3,(H,34,36). The number of hydrogen-bond acceptors (Lipinski definition) is 3. The van der Waals surface area contributed by atoms with Gasteiger partial charge in [0.15, 0.2) is 0 Å². The molecule has 0 bridgehead atoms. The normalized spacial score (nSPS) is 17.8. The number of nitrogens with zero attached hydrogens (tertiary/aromatic N) is 1. The second kappa shape index (κ2) is 10.7. The van der Waals surface area contributed by atoms with E-state index in [0.29, 0.717) is 11.3 Å². The molecule has 2 unspecified atom stereocenters. The van der Waals surface area contributed by atoms with Gasteiger partial charge in [-0.05, 0) is 66.6 Å². The molecule has 5 nitrogen and oxygen atoms in total. The fraction of sp³-hybridized carbons (Fsp3) is 0.231. The maximum Gasteiger partial charge on any atom is 0.259 e. The highest BCUT2D eigenvalue weighted by atomic mass is 35.5. The zero-order chi connectivity index (χ0) is 27.2. The number of carbonyl (C=O) groups is 2. The molecular formula is C26H21Cl6N3O2. The molecule has 2 N–H and O–H groups in total. The van der Waals surface area contributed by atoms with Gasteiger partial charge in [-0.25, -0.2) is 0 Å². The second-order valence-electron chi connectivity index (χ2n) is 8.73. The molecule has 37 heavy (non-hydrogen) atoms. The van der Waals surface area contributed by atoms with Gasteiger partial charge in [0.2, 0.25) is 5.91 Å². The summed E-state index contributed by atoms with van der Waals surface area (Å²) in [5.41, 5.74) is 3.76. The van der Waals surface area contributed by atoms with Crippen LogP contribution in [0.15, 0.2) is 48.5 Å². The molecule has 2 amide bonds. The van der Waals surface area contributed by atoms with E-state index in [0.717, 1.165) is 16.9 Å². The smallest absolute Gasteiger partial charge is 0.259 e. The van der Waals surface area contributed by atoms with E-state index in [1.165, 1.54) is 11.0 Å².